The van der Waals surface area contributed by atoms with E-state index in [0.29, 0.717) is 19.3 Å². The van der Waals surface area contributed by atoms with Gasteiger partial charge in [-0.25, -0.2) is 9.59 Å². The first-order valence-corrected chi connectivity index (χ1v) is 5.26. The minimum atomic E-state index is -1.13. The van der Waals surface area contributed by atoms with Crippen molar-refractivity contribution in [3.63, 3.8) is 0 Å². The summed E-state index contributed by atoms with van der Waals surface area (Å²) in [5, 5.41) is 19.4. The molecule has 0 rings (SSSR count). The third kappa shape index (κ3) is 8.06. The lowest BCUT2D eigenvalue weighted by Gasteiger charge is -2.12. The first-order chi connectivity index (χ1) is 7.97. The van der Waals surface area contributed by atoms with Crippen LogP contribution in [-0.4, -0.2) is 41.4 Å². The molecule has 0 radical (unpaired) electrons. The highest BCUT2D eigenvalue weighted by atomic mass is 16.5. The second kappa shape index (κ2) is 8.37. The minimum absolute atomic E-state index is 0.0716. The van der Waals surface area contributed by atoms with Crippen LogP contribution in [0.1, 0.15) is 32.1 Å². The van der Waals surface area contributed by atoms with Crippen molar-refractivity contribution in [2.75, 3.05) is 7.11 Å². The maximum Gasteiger partial charge on any atom is 0.407 e. The van der Waals surface area contributed by atoms with Gasteiger partial charge in [-0.05, 0) is 12.8 Å². The number of hydrogen-bond acceptors (Lipinski definition) is 4. The maximum absolute atomic E-state index is 10.8. The highest BCUT2D eigenvalue weighted by Gasteiger charge is 2.19. The van der Waals surface area contributed by atoms with Gasteiger partial charge in [-0.2, -0.15) is 0 Å². The Morgan fingerprint density at radius 2 is 1.82 bits per heavy atom. The number of methoxy groups -OCH3 is 1. The molecular weight excluding hydrogens is 230 g/mol. The Labute approximate surface area is 98.8 Å². The van der Waals surface area contributed by atoms with Crippen LogP contribution >= 0.6 is 0 Å². The third-order valence-electron chi connectivity index (χ3n) is 2.16. The molecule has 0 aliphatic heterocycles. The van der Waals surface area contributed by atoms with Gasteiger partial charge in [-0.3, -0.25) is 4.79 Å². The lowest BCUT2D eigenvalue weighted by atomic mass is 10.1. The molecule has 7 heteroatoms. The number of rotatable bonds is 8. The van der Waals surface area contributed by atoms with Crippen LogP contribution in [0, 0.1) is 0 Å². The molecule has 98 valence electrons. The molecule has 1 atom stereocenters. The van der Waals surface area contributed by atoms with E-state index in [0.717, 1.165) is 7.11 Å². The van der Waals surface area contributed by atoms with E-state index in [1.807, 2.05) is 0 Å². The van der Waals surface area contributed by atoms with Gasteiger partial charge < -0.3 is 20.3 Å². The molecule has 0 saturated carbocycles. The van der Waals surface area contributed by atoms with E-state index in [-0.39, 0.29) is 12.8 Å². The number of alkyl carbamates (subject to hydrolysis) is 1. The summed E-state index contributed by atoms with van der Waals surface area (Å²) >= 11 is 0. The molecule has 0 spiro atoms. The number of carboxylic acids is 2. The molecule has 7 nitrogen and oxygen atoms in total. The SMILES string of the molecule is COC(=O)NC(CCCCCC(=O)O)C(=O)O. The van der Waals surface area contributed by atoms with Crippen molar-refractivity contribution in [3.05, 3.63) is 0 Å². The van der Waals surface area contributed by atoms with Gasteiger partial charge in [0.1, 0.15) is 6.04 Å². The van der Waals surface area contributed by atoms with Crippen LogP contribution in [0.25, 0.3) is 0 Å². The van der Waals surface area contributed by atoms with Gasteiger partial charge >= 0.3 is 18.0 Å². The standard InChI is InChI=1S/C10H17NO6/c1-17-10(16)11-7(9(14)15)5-3-2-4-6-8(12)13/h7H,2-6H2,1H3,(H,11,16)(H,12,13)(H,14,15). The highest BCUT2D eigenvalue weighted by Crippen LogP contribution is 2.06. The first-order valence-electron chi connectivity index (χ1n) is 5.26. The molecule has 0 saturated heterocycles. The number of aliphatic carboxylic acids is 2. The van der Waals surface area contributed by atoms with Crippen molar-refractivity contribution >= 4 is 18.0 Å². The number of carbonyl (C=O) groups excluding carboxylic acids is 1. The molecule has 0 aromatic carbocycles. The van der Waals surface area contributed by atoms with E-state index < -0.39 is 24.1 Å². The zero-order chi connectivity index (χ0) is 13.3. The molecule has 0 aromatic rings. The number of unbranched alkanes of at least 4 members (excludes halogenated alkanes) is 2. The number of ether oxygens (including phenoxy) is 1. The normalized spacial score (nSPS) is 11.6. The Balaban J connectivity index is 3.82. The van der Waals surface area contributed by atoms with Gasteiger partial charge in [0.25, 0.3) is 0 Å². The molecule has 0 bridgehead atoms. The average molecular weight is 247 g/mol. The minimum Gasteiger partial charge on any atom is -0.481 e. The number of amides is 1. The average Bonchev–Trinajstić information content (AvgIpc) is 2.26. The van der Waals surface area contributed by atoms with Gasteiger partial charge in [0, 0.05) is 6.42 Å². The van der Waals surface area contributed by atoms with Gasteiger partial charge in [0.05, 0.1) is 7.11 Å². The molecule has 0 aliphatic carbocycles. The van der Waals surface area contributed by atoms with Gasteiger partial charge in [-0.15, -0.1) is 0 Å². The van der Waals surface area contributed by atoms with Crippen molar-refractivity contribution in [1.29, 1.82) is 0 Å². The van der Waals surface area contributed by atoms with E-state index in [1.165, 1.54) is 0 Å². The molecule has 1 amide bonds. The summed E-state index contributed by atoms with van der Waals surface area (Å²) in [5.41, 5.74) is 0. The van der Waals surface area contributed by atoms with Crippen LogP contribution in [0.2, 0.25) is 0 Å². The quantitative estimate of drug-likeness (QED) is 0.547. The summed E-state index contributed by atoms with van der Waals surface area (Å²) < 4.78 is 4.30. The molecular formula is C10H17NO6. The predicted octanol–water partition coefficient (Wildman–Crippen LogP) is 0.831. The monoisotopic (exact) mass is 247 g/mol. The smallest absolute Gasteiger partial charge is 0.407 e. The van der Waals surface area contributed by atoms with E-state index in [4.69, 9.17) is 10.2 Å². The van der Waals surface area contributed by atoms with Crippen molar-refractivity contribution < 1.29 is 29.3 Å². The molecule has 0 fully saturated rings. The number of hydrogen-bond donors (Lipinski definition) is 3. The Kier molecular flexibility index (Phi) is 7.49. The zero-order valence-electron chi connectivity index (χ0n) is 9.64. The fourth-order valence-corrected chi connectivity index (χ4v) is 1.26. The lowest BCUT2D eigenvalue weighted by Crippen LogP contribution is -2.40. The molecule has 0 heterocycles. The summed E-state index contributed by atoms with van der Waals surface area (Å²) in [5.74, 6) is -2.00. The first kappa shape index (κ1) is 15.2. The second-order valence-electron chi connectivity index (χ2n) is 3.52. The van der Waals surface area contributed by atoms with Crippen LogP contribution < -0.4 is 5.32 Å². The van der Waals surface area contributed by atoms with E-state index >= 15 is 0 Å². The van der Waals surface area contributed by atoms with Crippen molar-refractivity contribution in [1.82, 2.24) is 5.32 Å². The van der Waals surface area contributed by atoms with Crippen LogP contribution in [0.4, 0.5) is 4.79 Å². The zero-order valence-corrected chi connectivity index (χ0v) is 9.64. The lowest BCUT2D eigenvalue weighted by molar-refractivity contribution is -0.140. The predicted molar refractivity (Wildman–Crippen MR) is 57.7 cm³/mol. The fourth-order valence-electron chi connectivity index (χ4n) is 1.26. The van der Waals surface area contributed by atoms with Gasteiger partial charge in [0.15, 0.2) is 0 Å². The van der Waals surface area contributed by atoms with Crippen LogP contribution in [0.5, 0.6) is 0 Å². The van der Waals surface area contributed by atoms with Crippen LogP contribution in [0.15, 0.2) is 0 Å². The third-order valence-corrected chi connectivity index (χ3v) is 2.16. The van der Waals surface area contributed by atoms with Crippen molar-refractivity contribution in [3.8, 4) is 0 Å². The number of carboxylic acid groups (broad SMARTS) is 2. The summed E-state index contributed by atoms with van der Waals surface area (Å²) in [4.78, 5) is 31.8. The Morgan fingerprint density at radius 3 is 2.29 bits per heavy atom. The number of nitrogens with one attached hydrogen (secondary N) is 1. The van der Waals surface area contributed by atoms with Crippen LogP contribution in [0.3, 0.4) is 0 Å². The summed E-state index contributed by atoms with van der Waals surface area (Å²) in [6.45, 7) is 0. The highest BCUT2D eigenvalue weighted by molar-refractivity contribution is 5.79. The topological polar surface area (TPSA) is 113 Å². The Morgan fingerprint density at radius 1 is 1.18 bits per heavy atom. The van der Waals surface area contributed by atoms with Crippen molar-refractivity contribution in [2.45, 2.75) is 38.1 Å². The Hall–Kier alpha value is -1.79. The number of carbonyl (C=O) groups is 3. The largest absolute Gasteiger partial charge is 0.481 e. The van der Waals surface area contributed by atoms with Crippen LogP contribution in [-0.2, 0) is 14.3 Å². The van der Waals surface area contributed by atoms with Gasteiger partial charge in [-0.1, -0.05) is 12.8 Å². The molecule has 3 N–H and O–H groups in total. The molecule has 0 aliphatic rings. The summed E-state index contributed by atoms with van der Waals surface area (Å²) in [6, 6.07) is -0.993. The molecule has 1 unspecified atom stereocenters. The van der Waals surface area contributed by atoms with Crippen molar-refractivity contribution in [2.24, 2.45) is 0 Å². The van der Waals surface area contributed by atoms with Gasteiger partial charge in [0.2, 0.25) is 0 Å². The summed E-state index contributed by atoms with van der Waals surface area (Å²) in [7, 11) is 1.15. The van der Waals surface area contributed by atoms with E-state index in [2.05, 4.69) is 10.1 Å². The summed E-state index contributed by atoms with van der Waals surface area (Å²) in [6.07, 6.45) is 1.18. The second-order valence-corrected chi connectivity index (χ2v) is 3.52. The van der Waals surface area contributed by atoms with E-state index in [1.54, 1.807) is 0 Å². The fraction of sp³-hybridized carbons (Fsp3) is 0.700. The molecule has 17 heavy (non-hydrogen) atoms. The maximum atomic E-state index is 10.8. The molecule has 0 aromatic heterocycles. The van der Waals surface area contributed by atoms with E-state index in [9.17, 15) is 14.4 Å². The Bertz CT molecular complexity index is 278.